The summed E-state index contributed by atoms with van der Waals surface area (Å²) in [4.78, 5) is 2.24. The van der Waals surface area contributed by atoms with Crippen LogP contribution in [0.3, 0.4) is 0 Å². The number of hydrogen-bond acceptors (Lipinski definition) is 5. The van der Waals surface area contributed by atoms with Crippen LogP contribution in [0.25, 0.3) is 0 Å². The highest BCUT2D eigenvalue weighted by Gasteiger charge is 2.17. The molecule has 0 saturated carbocycles. The van der Waals surface area contributed by atoms with E-state index in [1.807, 2.05) is 54.2 Å². The molecular weight excluding hydrogens is 366 g/mol. The van der Waals surface area contributed by atoms with Crippen molar-refractivity contribution in [2.75, 3.05) is 13.3 Å². The van der Waals surface area contributed by atoms with Crippen molar-refractivity contribution in [2.24, 2.45) is 0 Å². The number of aliphatic hydroxyl groups is 1. The highest BCUT2D eigenvalue weighted by atomic mass is 16.7. The molecule has 1 atom stereocenters. The van der Waals surface area contributed by atoms with Crippen LogP contribution in [-0.2, 0) is 19.6 Å². The van der Waals surface area contributed by atoms with Crippen molar-refractivity contribution >= 4 is 0 Å². The number of nitrogens with zero attached hydrogens (tertiary/aromatic N) is 3. The van der Waals surface area contributed by atoms with E-state index in [1.54, 1.807) is 0 Å². The molecule has 0 bridgehead atoms. The van der Waals surface area contributed by atoms with Gasteiger partial charge in [-0.1, -0.05) is 36.4 Å². The molecule has 4 rings (SSSR count). The number of aromatic nitrogens is 2. The summed E-state index contributed by atoms with van der Waals surface area (Å²) in [5.74, 6) is 1.57. The Morgan fingerprint density at radius 3 is 2.66 bits per heavy atom. The highest BCUT2D eigenvalue weighted by Crippen LogP contribution is 2.33. The fraction of sp³-hybridized carbons (Fsp3) is 0.348. The lowest BCUT2D eigenvalue weighted by Gasteiger charge is -2.24. The minimum Gasteiger partial charge on any atom is -0.454 e. The monoisotopic (exact) mass is 393 g/mol. The van der Waals surface area contributed by atoms with Gasteiger partial charge in [-0.05, 0) is 37.1 Å². The summed E-state index contributed by atoms with van der Waals surface area (Å²) in [6, 6.07) is 16.4. The van der Waals surface area contributed by atoms with Gasteiger partial charge in [0.05, 0.1) is 18.8 Å². The second kappa shape index (κ2) is 8.68. The zero-order valence-corrected chi connectivity index (χ0v) is 16.9. The van der Waals surface area contributed by atoms with Gasteiger partial charge in [0.1, 0.15) is 0 Å². The van der Waals surface area contributed by atoms with Gasteiger partial charge in [-0.3, -0.25) is 9.58 Å². The summed E-state index contributed by atoms with van der Waals surface area (Å²) in [6.07, 6.45) is 1.52. The molecule has 0 fully saturated rings. The Labute approximate surface area is 171 Å². The SMILES string of the molecule is Cc1c(CN(Cc2ccc3c(c2)OCO3)C[C@@H](C)O)cnn1Cc1ccccc1. The van der Waals surface area contributed by atoms with Gasteiger partial charge in [0.15, 0.2) is 11.5 Å². The van der Waals surface area contributed by atoms with Crippen molar-refractivity contribution in [1.29, 1.82) is 0 Å². The Bertz CT molecular complexity index is 953. The minimum atomic E-state index is -0.413. The molecule has 2 heterocycles. The predicted octanol–water partition coefficient (Wildman–Crippen LogP) is 3.35. The summed E-state index contributed by atoms with van der Waals surface area (Å²) in [5.41, 5.74) is 4.67. The van der Waals surface area contributed by atoms with Crippen LogP contribution in [0.2, 0.25) is 0 Å². The second-order valence-electron chi connectivity index (χ2n) is 7.60. The Kier molecular flexibility index (Phi) is 5.83. The summed E-state index contributed by atoms with van der Waals surface area (Å²) in [5, 5.41) is 14.6. The van der Waals surface area contributed by atoms with Gasteiger partial charge in [-0.25, -0.2) is 0 Å². The molecule has 0 amide bonds. The first-order valence-electron chi connectivity index (χ1n) is 9.92. The van der Waals surface area contributed by atoms with Crippen molar-refractivity contribution in [3.63, 3.8) is 0 Å². The molecule has 0 spiro atoms. The van der Waals surface area contributed by atoms with Gasteiger partial charge in [0, 0.05) is 30.9 Å². The van der Waals surface area contributed by atoms with Crippen LogP contribution in [0, 0.1) is 6.92 Å². The molecular formula is C23H27N3O3. The molecule has 1 N–H and O–H groups in total. The Hall–Kier alpha value is -2.83. The van der Waals surface area contributed by atoms with Gasteiger partial charge >= 0.3 is 0 Å². The van der Waals surface area contributed by atoms with Crippen LogP contribution in [0.1, 0.15) is 29.3 Å². The molecule has 3 aromatic rings. The zero-order valence-electron chi connectivity index (χ0n) is 16.9. The van der Waals surface area contributed by atoms with Crippen molar-refractivity contribution in [1.82, 2.24) is 14.7 Å². The smallest absolute Gasteiger partial charge is 0.231 e. The lowest BCUT2D eigenvalue weighted by molar-refractivity contribution is 0.118. The largest absolute Gasteiger partial charge is 0.454 e. The van der Waals surface area contributed by atoms with E-state index in [1.165, 1.54) is 11.1 Å². The highest BCUT2D eigenvalue weighted by molar-refractivity contribution is 5.44. The van der Waals surface area contributed by atoms with Gasteiger partial charge in [0.2, 0.25) is 6.79 Å². The topological polar surface area (TPSA) is 59.8 Å². The van der Waals surface area contributed by atoms with E-state index >= 15 is 0 Å². The maximum absolute atomic E-state index is 10.00. The van der Waals surface area contributed by atoms with Gasteiger partial charge in [-0.15, -0.1) is 0 Å². The summed E-state index contributed by atoms with van der Waals surface area (Å²) in [7, 11) is 0. The standard InChI is InChI=1S/C23H27N3O3/c1-17(27)12-25(13-20-8-9-22-23(10-20)29-16-28-22)15-21-11-24-26(18(21)2)14-19-6-4-3-5-7-19/h3-11,17,27H,12-16H2,1-2H3/t17-/m1/s1. The first-order chi connectivity index (χ1) is 14.1. The average molecular weight is 393 g/mol. The van der Waals surface area contributed by atoms with Crippen molar-refractivity contribution in [3.8, 4) is 11.5 Å². The number of benzene rings is 2. The molecule has 0 unspecified atom stereocenters. The molecule has 0 radical (unpaired) electrons. The number of aliphatic hydroxyl groups excluding tert-OH is 1. The number of ether oxygens (including phenoxy) is 2. The first kappa shape index (κ1) is 19.5. The van der Waals surface area contributed by atoms with Crippen molar-refractivity contribution < 1.29 is 14.6 Å². The molecule has 1 aromatic heterocycles. The number of fused-ring (bicyclic) bond motifs is 1. The molecule has 0 saturated heterocycles. The molecule has 1 aliphatic rings. The lowest BCUT2D eigenvalue weighted by Crippen LogP contribution is -2.30. The Balaban J connectivity index is 1.48. The van der Waals surface area contributed by atoms with E-state index in [9.17, 15) is 5.11 Å². The fourth-order valence-electron chi connectivity index (χ4n) is 3.65. The molecule has 1 aliphatic heterocycles. The third-order valence-electron chi connectivity index (χ3n) is 5.14. The van der Waals surface area contributed by atoms with Crippen molar-refractivity contribution in [3.05, 3.63) is 77.1 Å². The van der Waals surface area contributed by atoms with Crippen LogP contribution in [-0.4, -0.2) is 39.2 Å². The van der Waals surface area contributed by atoms with Crippen molar-refractivity contribution in [2.45, 2.75) is 39.6 Å². The van der Waals surface area contributed by atoms with Gasteiger partial charge in [0.25, 0.3) is 0 Å². The molecule has 0 aliphatic carbocycles. The zero-order chi connectivity index (χ0) is 20.2. The van der Waals surface area contributed by atoms with E-state index in [2.05, 4.69) is 29.1 Å². The van der Waals surface area contributed by atoms with E-state index < -0.39 is 6.10 Å². The average Bonchev–Trinajstić information content (AvgIpc) is 3.30. The fourth-order valence-corrected chi connectivity index (χ4v) is 3.65. The van der Waals surface area contributed by atoms with E-state index in [0.29, 0.717) is 13.1 Å². The number of rotatable bonds is 8. The molecule has 2 aromatic carbocycles. The summed E-state index contributed by atoms with van der Waals surface area (Å²) in [6.45, 7) is 6.97. The molecule has 6 heteroatoms. The van der Waals surface area contributed by atoms with E-state index in [0.717, 1.165) is 35.8 Å². The maximum atomic E-state index is 10.00. The first-order valence-corrected chi connectivity index (χ1v) is 9.92. The van der Waals surface area contributed by atoms with Crippen LogP contribution >= 0.6 is 0 Å². The quantitative estimate of drug-likeness (QED) is 0.636. The molecule has 6 nitrogen and oxygen atoms in total. The van der Waals surface area contributed by atoms with Gasteiger partial charge < -0.3 is 14.6 Å². The minimum absolute atomic E-state index is 0.274. The Morgan fingerprint density at radius 1 is 1.07 bits per heavy atom. The lowest BCUT2D eigenvalue weighted by atomic mass is 10.1. The normalized spacial score (nSPS) is 13.8. The number of hydrogen-bond donors (Lipinski definition) is 1. The van der Waals surface area contributed by atoms with Crippen LogP contribution in [0.5, 0.6) is 11.5 Å². The molecule has 29 heavy (non-hydrogen) atoms. The Morgan fingerprint density at radius 2 is 1.86 bits per heavy atom. The van der Waals surface area contributed by atoms with Gasteiger partial charge in [-0.2, -0.15) is 5.10 Å². The van der Waals surface area contributed by atoms with Crippen LogP contribution in [0.4, 0.5) is 0 Å². The van der Waals surface area contributed by atoms with E-state index in [4.69, 9.17) is 9.47 Å². The predicted molar refractivity (Wildman–Crippen MR) is 111 cm³/mol. The maximum Gasteiger partial charge on any atom is 0.231 e. The second-order valence-corrected chi connectivity index (χ2v) is 7.60. The third kappa shape index (κ3) is 4.78. The van der Waals surface area contributed by atoms with E-state index in [-0.39, 0.29) is 6.79 Å². The third-order valence-corrected chi connectivity index (χ3v) is 5.14. The summed E-state index contributed by atoms with van der Waals surface area (Å²) < 4.78 is 12.9. The van der Waals surface area contributed by atoms with Crippen LogP contribution < -0.4 is 9.47 Å². The molecule has 152 valence electrons. The summed E-state index contributed by atoms with van der Waals surface area (Å²) >= 11 is 0. The van der Waals surface area contributed by atoms with Crippen LogP contribution in [0.15, 0.2) is 54.7 Å².